The minimum absolute atomic E-state index is 0.168. The van der Waals surface area contributed by atoms with Crippen LogP contribution in [0, 0.1) is 13.8 Å². The smallest absolute Gasteiger partial charge is 0.347 e. The number of nitrogens with zero attached hydrogens (tertiary/aromatic N) is 2. The van der Waals surface area contributed by atoms with E-state index in [1.165, 1.54) is 16.8 Å². The maximum Gasteiger partial charge on any atom is 0.347 e. The third-order valence-electron chi connectivity index (χ3n) is 5.54. The fourth-order valence-electron chi connectivity index (χ4n) is 3.55. The molecule has 0 radical (unpaired) electrons. The van der Waals surface area contributed by atoms with E-state index in [0.717, 1.165) is 13.1 Å². The predicted molar refractivity (Wildman–Crippen MR) is 117 cm³/mol. The summed E-state index contributed by atoms with van der Waals surface area (Å²) < 4.78 is 10.9. The summed E-state index contributed by atoms with van der Waals surface area (Å²) >= 11 is 0. The predicted octanol–water partition coefficient (Wildman–Crippen LogP) is 3.35. The molecule has 0 spiro atoms. The minimum atomic E-state index is -0.721. The number of amides is 1. The van der Waals surface area contributed by atoms with E-state index in [2.05, 4.69) is 36.9 Å². The van der Waals surface area contributed by atoms with Crippen molar-refractivity contribution in [2.24, 2.45) is 0 Å². The Morgan fingerprint density at radius 1 is 0.967 bits per heavy atom. The maximum atomic E-state index is 12.5. The Labute approximate surface area is 178 Å². The number of anilines is 1. The van der Waals surface area contributed by atoms with Gasteiger partial charge in [0.25, 0.3) is 5.91 Å². The van der Waals surface area contributed by atoms with Gasteiger partial charge in [0.2, 0.25) is 0 Å². The minimum Gasteiger partial charge on any atom is -0.479 e. The van der Waals surface area contributed by atoms with Crippen LogP contribution in [0.15, 0.2) is 48.5 Å². The summed E-state index contributed by atoms with van der Waals surface area (Å²) in [4.78, 5) is 28.9. The molecule has 6 nitrogen and oxygen atoms in total. The summed E-state index contributed by atoms with van der Waals surface area (Å²) in [6.45, 7) is 8.59. The van der Waals surface area contributed by atoms with Crippen LogP contribution in [-0.4, -0.2) is 55.7 Å². The zero-order valence-electron chi connectivity index (χ0n) is 18.0. The number of benzene rings is 2. The first-order valence-electron chi connectivity index (χ1n) is 10.5. The monoisotopic (exact) mass is 410 g/mol. The first-order valence-corrected chi connectivity index (χ1v) is 10.5. The molecule has 1 heterocycles. The molecule has 1 aliphatic rings. The number of carbonyl (C=O) groups is 2. The van der Waals surface area contributed by atoms with Crippen molar-refractivity contribution in [3.05, 3.63) is 59.7 Å². The van der Waals surface area contributed by atoms with Gasteiger partial charge in [-0.15, -0.1) is 0 Å². The Morgan fingerprint density at radius 3 is 2.33 bits per heavy atom. The topological polar surface area (TPSA) is 59.1 Å². The highest BCUT2D eigenvalue weighted by Crippen LogP contribution is 2.24. The lowest BCUT2D eigenvalue weighted by Crippen LogP contribution is -2.50. The van der Waals surface area contributed by atoms with Crippen molar-refractivity contribution in [3.8, 4) is 5.75 Å². The molecule has 30 heavy (non-hydrogen) atoms. The molecule has 6 heteroatoms. The number of aryl methyl sites for hydroxylation is 1. The summed E-state index contributed by atoms with van der Waals surface area (Å²) in [5.41, 5.74) is 3.76. The molecule has 160 valence electrons. The number of rotatable bonds is 7. The maximum absolute atomic E-state index is 12.5. The zero-order chi connectivity index (χ0) is 21.5. The van der Waals surface area contributed by atoms with Gasteiger partial charge >= 0.3 is 5.97 Å². The molecule has 0 saturated carbocycles. The number of esters is 1. The summed E-state index contributed by atoms with van der Waals surface area (Å²) in [5, 5.41) is 0. The molecule has 3 rings (SSSR count). The van der Waals surface area contributed by atoms with Crippen LogP contribution >= 0.6 is 0 Å². The SMILES string of the molecule is CC[C@@H](Oc1ccccc1)C(=O)OCC(=O)N1CCN(c2cccc(C)c2C)CC1. The molecule has 1 fully saturated rings. The van der Waals surface area contributed by atoms with E-state index < -0.39 is 12.1 Å². The average Bonchev–Trinajstić information content (AvgIpc) is 2.78. The largest absolute Gasteiger partial charge is 0.479 e. The first kappa shape index (κ1) is 21.7. The number of hydrogen-bond acceptors (Lipinski definition) is 5. The molecular weight excluding hydrogens is 380 g/mol. The molecule has 0 bridgehead atoms. The summed E-state index contributed by atoms with van der Waals surface area (Å²) in [5.74, 6) is -0.0718. The fraction of sp³-hybridized carbons (Fsp3) is 0.417. The lowest BCUT2D eigenvalue weighted by Gasteiger charge is -2.37. The Morgan fingerprint density at radius 2 is 1.67 bits per heavy atom. The molecule has 0 N–H and O–H groups in total. The highest BCUT2D eigenvalue weighted by molar-refractivity contribution is 5.82. The zero-order valence-corrected chi connectivity index (χ0v) is 18.0. The highest BCUT2D eigenvalue weighted by Gasteiger charge is 2.25. The molecule has 0 unspecified atom stereocenters. The number of piperazine rings is 1. The number of hydrogen-bond donors (Lipinski definition) is 0. The van der Waals surface area contributed by atoms with Gasteiger partial charge in [-0.2, -0.15) is 0 Å². The van der Waals surface area contributed by atoms with Gasteiger partial charge in [0.05, 0.1) is 0 Å². The first-order chi connectivity index (χ1) is 14.5. The number of ether oxygens (including phenoxy) is 2. The van der Waals surface area contributed by atoms with Crippen molar-refractivity contribution in [2.75, 3.05) is 37.7 Å². The van der Waals surface area contributed by atoms with Crippen molar-refractivity contribution in [2.45, 2.75) is 33.3 Å². The second-order valence-corrected chi connectivity index (χ2v) is 7.52. The Kier molecular flexibility index (Phi) is 7.33. The van der Waals surface area contributed by atoms with Gasteiger partial charge in [0, 0.05) is 31.9 Å². The normalized spacial score (nSPS) is 14.9. The quantitative estimate of drug-likeness (QED) is 0.655. The van der Waals surface area contributed by atoms with Crippen LogP contribution in [0.4, 0.5) is 5.69 Å². The van der Waals surface area contributed by atoms with E-state index in [1.807, 2.05) is 25.1 Å². The second-order valence-electron chi connectivity index (χ2n) is 7.52. The van der Waals surface area contributed by atoms with Crippen molar-refractivity contribution < 1.29 is 19.1 Å². The van der Waals surface area contributed by atoms with Crippen LogP contribution in [0.5, 0.6) is 5.75 Å². The van der Waals surface area contributed by atoms with Crippen molar-refractivity contribution >= 4 is 17.6 Å². The lowest BCUT2D eigenvalue weighted by atomic mass is 10.1. The van der Waals surface area contributed by atoms with Gasteiger partial charge in [-0.25, -0.2) is 4.79 Å². The number of carbonyl (C=O) groups excluding carboxylic acids is 2. The van der Waals surface area contributed by atoms with E-state index >= 15 is 0 Å². The van der Waals surface area contributed by atoms with Crippen molar-refractivity contribution in [3.63, 3.8) is 0 Å². The van der Waals surface area contributed by atoms with E-state index in [-0.39, 0.29) is 12.5 Å². The van der Waals surface area contributed by atoms with Crippen LogP contribution in [0.25, 0.3) is 0 Å². The van der Waals surface area contributed by atoms with Crippen molar-refractivity contribution in [1.82, 2.24) is 4.90 Å². The fourth-order valence-corrected chi connectivity index (χ4v) is 3.55. The summed E-state index contributed by atoms with van der Waals surface area (Å²) in [6, 6.07) is 15.4. The molecule has 0 aliphatic carbocycles. The van der Waals surface area contributed by atoms with Gasteiger partial charge in [-0.05, 0) is 49.6 Å². The Balaban J connectivity index is 1.47. The van der Waals surface area contributed by atoms with Crippen LogP contribution in [0.3, 0.4) is 0 Å². The summed E-state index contributed by atoms with van der Waals surface area (Å²) in [7, 11) is 0. The number of para-hydroxylation sites is 1. The van der Waals surface area contributed by atoms with Gasteiger partial charge in [0.15, 0.2) is 12.7 Å². The van der Waals surface area contributed by atoms with Gasteiger partial charge < -0.3 is 19.3 Å². The van der Waals surface area contributed by atoms with Gasteiger partial charge in [-0.3, -0.25) is 4.79 Å². The van der Waals surface area contributed by atoms with E-state index in [9.17, 15) is 9.59 Å². The average molecular weight is 411 g/mol. The van der Waals surface area contributed by atoms with Crippen LogP contribution in [-0.2, 0) is 14.3 Å². The molecule has 1 aliphatic heterocycles. The third kappa shape index (κ3) is 5.32. The molecule has 0 aromatic heterocycles. The molecule has 2 aromatic rings. The third-order valence-corrected chi connectivity index (χ3v) is 5.54. The highest BCUT2D eigenvalue weighted by atomic mass is 16.6. The van der Waals surface area contributed by atoms with Crippen LogP contribution < -0.4 is 9.64 Å². The molecular formula is C24H30N2O4. The molecule has 2 aromatic carbocycles. The van der Waals surface area contributed by atoms with Crippen LogP contribution in [0.2, 0.25) is 0 Å². The van der Waals surface area contributed by atoms with E-state index in [4.69, 9.17) is 9.47 Å². The molecule has 1 amide bonds. The van der Waals surface area contributed by atoms with E-state index in [1.54, 1.807) is 17.0 Å². The Hall–Kier alpha value is -3.02. The van der Waals surface area contributed by atoms with Crippen LogP contribution in [0.1, 0.15) is 24.5 Å². The molecule has 1 atom stereocenters. The Bertz CT molecular complexity index is 861. The second kappa shape index (κ2) is 10.1. The van der Waals surface area contributed by atoms with Gasteiger partial charge in [0.1, 0.15) is 5.75 Å². The standard InChI is InChI=1S/C24H30N2O4/c1-4-22(30-20-10-6-5-7-11-20)24(28)29-17-23(27)26-15-13-25(14-16-26)21-12-8-9-18(2)19(21)3/h5-12,22H,4,13-17H2,1-3H3/t22-/m1/s1. The molecule has 1 saturated heterocycles. The lowest BCUT2D eigenvalue weighted by molar-refractivity contribution is -0.158. The van der Waals surface area contributed by atoms with E-state index in [0.29, 0.717) is 25.3 Å². The summed E-state index contributed by atoms with van der Waals surface area (Å²) in [6.07, 6.45) is -0.252. The van der Waals surface area contributed by atoms with Gasteiger partial charge in [-0.1, -0.05) is 37.3 Å². The van der Waals surface area contributed by atoms with Crippen molar-refractivity contribution in [1.29, 1.82) is 0 Å².